The summed E-state index contributed by atoms with van der Waals surface area (Å²) in [6.07, 6.45) is 0.661. The number of ether oxygens (including phenoxy) is 1. The third-order valence-corrected chi connectivity index (χ3v) is 6.19. The van der Waals surface area contributed by atoms with E-state index in [4.69, 9.17) is 4.74 Å². The number of nitrogens with zero attached hydrogens (tertiary/aromatic N) is 1. The summed E-state index contributed by atoms with van der Waals surface area (Å²) in [5.41, 5.74) is 3.07. The van der Waals surface area contributed by atoms with Crippen LogP contribution < -0.4 is 10.1 Å². The van der Waals surface area contributed by atoms with Crippen molar-refractivity contribution in [2.75, 3.05) is 11.9 Å². The SMILES string of the molecule is CCC(=O)N1CCc2ccc(O[C@@H](CC)C(=O)Nc3ccc(F)cc3)cc2[C@H]1c1cccc(F)c1. The standard InChI is InChI=1S/C28H28F2N2O3/c1-3-25(28(34)31-22-11-9-20(29)10-12-22)35-23-13-8-18-14-15-32(26(33)4-2)27(24(18)17-23)19-6-5-7-21(30)16-19/h5-13,16-17,25,27H,3-4,14-15H2,1-2H3,(H,31,34)/t25-,27+/m0/s1. The highest BCUT2D eigenvalue weighted by Gasteiger charge is 2.32. The monoisotopic (exact) mass is 478 g/mol. The van der Waals surface area contributed by atoms with Crippen LogP contribution in [0.4, 0.5) is 14.5 Å². The highest BCUT2D eigenvalue weighted by atomic mass is 19.1. The van der Waals surface area contributed by atoms with Gasteiger partial charge < -0.3 is 15.0 Å². The zero-order valence-electron chi connectivity index (χ0n) is 19.8. The Labute approximate surface area is 203 Å². The van der Waals surface area contributed by atoms with Gasteiger partial charge in [0.05, 0.1) is 6.04 Å². The van der Waals surface area contributed by atoms with Gasteiger partial charge >= 0.3 is 0 Å². The van der Waals surface area contributed by atoms with E-state index in [9.17, 15) is 18.4 Å². The Bertz CT molecular complexity index is 1210. The van der Waals surface area contributed by atoms with Gasteiger partial charge in [-0.2, -0.15) is 0 Å². The first-order chi connectivity index (χ1) is 16.9. The predicted octanol–water partition coefficient (Wildman–Crippen LogP) is 5.65. The maximum Gasteiger partial charge on any atom is 0.265 e. The number of carbonyl (C=O) groups is 2. The number of carbonyl (C=O) groups excluding carboxylic acids is 2. The van der Waals surface area contributed by atoms with E-state index in [1.54, 1.807) is 11.0 Å². The topological polar surface area (TPSA) is 58.6 Å². The Morgan fingerprint density at radius 3 is 2.49 bits per heavy atom. The molecule has 1 aliphatic rings. The molecule has 3 aromatic carbocycles. The van der Waals surface area contributed by atoms with E-state index in [1.807, 2.05) is 38.1 Å². The van der Waals surface area contributed by atoms with Crippen molar-refractivity contribution >= 4 is 17.5 Å². The summed E-state index contributed by atoms with van der Waals surface area (Å²) in [6, 6.07) is 17.0. The second kappa shape index (κ2) is 10.7. The first-order valence-corrected chi connectivity index (χ1v) is 11.8. The average Bonchev–Trinajstić information content (AvgIpc) is 2.87. The van der Waals surface area contributed by atoms with Crippen molar-refractivity contribution in [3.05, 3.63) is 95.1 Å². The lowest BCUT2D eigenvalue weighted by atomic mass is 9.87. The Balaban J connectivity index is 1.62. The summed E-state index contributed by atoms with van der Waals surface area (Å²) in [6.45, 7) is 4.19. The lowest BCUT2D eigenvalue weighted by Gasteiger charge is -2.38. The van der Waals surface area contributed by atoms with Gasteiger partial charge in [-0.25, -0.2) is 8.78 Å². The number of amides is 2. The van der Waals surface area contributed by atoms with Gasteiger partial charge in [-0.15, -0.1) is 0 Å². The fourth-order valence-corrected chi connectivity index (χ4v) is 4.42. The maximum absolute atomic E-state index is 14.1. The van der Waals surface area contributed by atoms with Gasteiger partial charge in [-0.05, 0) is 78.1 Å². The molecule has 1 N–H and O–H groups in total. The number of hydrogen-bond donors (Lipinski definition) is 1. The van der Waals surface area contributed by atoms with Gasteiger partial charge in [0.1, 0.15) is 17.4 Å². The van der Waals surface area contributed by atoms with Crippen LogP contribution in [0.15, 0.2) is 66.7 Å². The van der Waals surface area contributed by atoms with Crippen LogP contribution in [0.5, 0.6) is 5.75 Å². The molecular formula is C28H28F2N2O3. The lowest BCUT2D eigenvalue weighted by molar-refractivity contribution is -0.133. The molecule has 35 heavy (non-hydrogen) atoms. The van der Waals surface area contributed by atoms with Crippen LogP contribution in [0.25, 0.3) is 0 Å². The molecule has 4 rings (SSSR count). The quantitative estimate of drug-likeness (QED) is 0.478. The first kappa shape index (κ1) is 24.4. The summed E-state index contributed by atoms with van der Waals surface area (Å²) in [5, 5.41) is 2.75. The molecule has 1 heterocycles. The van der Waals surface area contributed by atoms with Gasteiger partial charge in [-0.3, -0.25) is 9.59 Å². The van der Waals surface area contributed by atoms with Gasteiger partial charge in [0, 0.05) is 18.7 Å². The Morgan fingerprint density at radius 2 is 1.80 bits per heavy atom. The Hall–Kier alpha value is -3.74. The van der Waals surface area contributed by atoms with E-state index in [2.05, 4.69) is 5.32 Å². The van der Waals surface area contributed by atoms with Crippen LogP contribution >= 0.6 is 0 Å². The van der Waals surface area contributed by atoms with Crippen LogP contribution in [0.2, 0.25) is 0 Å². The van der Waals surface area contributed by atoms with Crippen molar-refractivity contribution in [1.82, 2.24) is 4.90 Å². The minimum absolute atomic E-state index is 0.0126. The molecule has 3 aromatic rings. The smallest absolute Gasteiger partial charge is 0.265 e. The molecule has 7 heteroatoms. The van der Waals surface area contributed by atoms with Crippen LogP contribution in [0, 0.1) is 11.6 Å². The fraction of sp³-hybridized carbons (Fsp3) is 0.286. The Morgan fingerprint density at radius 1 is 1.03 bits per heavy atom. The molecule has 0 fully saturated rings. The van der Waals surface area contributed by atoms with Crippen LogP contribution in [-0.2, 0) is 16.0 Å². The number of anilines is 1. The molecule has 0 aliphatic carbocycles. The highest BCUT2D eigenvalue weighted by Crippen LogP contribution is 2.38. The van der Waals surface area contributed by atoms with Crippen molar-refractivity contribution in [2.24, 2.45) is 0 Å². The zero-order valence-corrected chi connectivity index (χ0v) is 19.8. The molecule has 182 valence electrons. The molecule has 0 bridgehead atoms. The van der Waals surface area contributed by atoms with Crippen molar-refractivity contribution in [1.29, 1.82) is 0 Å². The Kier molecular flexibility index (Phi) is 7.44. The minimum atomic E-state index is -0.775. The van der Waals surface area contributed by atoms with Crippen molar-refractivity contribution in [3.63, 3.8) is 0 Å². The molecule has 1 aliphatic heterocycles. The van der Waals surface area contributed by atoms with Crippen LogP contribution in [0.1, 0.15) is 49.4 Å². The second-order valence-electron chi connectivity index (χ2n) is 8.52. The molecule has 0 unspecified atom stereocenters. The number of hydrogen-bond acceptors (Lipinski definition) is 3. The molecule has 5 nitrogen and oxygen atoms in total. The minimum Gasteiger partial charge on any atom is -0.481 e. The van der Waals surface area contributed by atoms with E-state index in [0.717, 1.165) is 11.1 Å². The summed E-state index contributed by atoms with van der Waals surface area (Å²) in [4.78, 5) is 27.3. The van der Waals surface area contributed by atoms with E-state index in [0.29, 0.717) is 42.8 Å². The third kappa shape index (κ3) is 5.50. The molecule has 0 saturated heterocycles. The molecule has 0 radical (unpaired) electrons. The van der Waals surface area contributed by atoms with Crippen LogP contribution in [-0.4, -0.2) is 29.4 Å². The molecule has 0 saturated carbocycles. The van der Waals surface area contributed by atoms with Gasteiger partial charge in [0.2, 0.25) is 5.91 Å². The van der Waals surface area contributed by atoms with Crippen LogP contribution in [0.3, 0.4) is 0 Å². The second-order valence-corrected chi connectivity index (χ2v) is 8.52. The van der Waals surface area contributed by atoms with Crippen molar-refractivity contribution < 1.29 is 23.1 Å². The molecule has 2 atom stereocenters. The summed E-state index contributed by atoms with van der Waals surface area (Å²) in [7, 11) is 0. The maximum atomic E-state index is 14.1. The number of rotatable bonds is 7. The lowest BCUT2D eigenvalue weighted by Crippen LogP contribution is -2.40. The normalized spacial score (nSPS) is 15.8. The molecule has 0 spiro atoms. The number of benzene rings is 3. The molecular weight excluding hydrogens is 450 g/mol. The van der Waals surface area contributed by atoms with Gasteiger partial charge in [-0.1, -0.05) is 32.0 Å². The predicted molar refractivity (Wildman–Crippen MR) is 130 cm³/mol. The summed E-state index contributed by atoms with van der Waals surface area (Å²) >= 11 is 0. The largest absolute Gasteiger partial charge is 0.481 e. The van der Waals surface area contributed by atoms with E-state index >= 15 is 0 Å². The summed E-state index contributed by atoms with van der Waals surface area (Å²) < 4.78 is 33.3. The zero-order chi connectivity index (χ0) is 24.9. The fourth-order valence-electron chi connectivity index (χ4n) is 4.42. The van der Waals surface area contributed by atoms with E-state index in [-0.39, 0.29) is 23.4 Å². The summed E-state index contributed by atoms with van der Waals surface area (Å²) in [5.74, 6) is -0.627. The third-order valence-electron chi connectivity index (χ3n) is 6.19. The van der Waals surface area contributed by atoms with Gasteiger partial charge in [0.25, 0.3) is 5.91 Å². The van der Waals surface area contributed by atoms with E-state index < -0.39 is 12.1 Å². The number of nitrogens with one attached hydrogen (secondary N) is 1. The average molecular weight is 479 g/mol. The van der Waals surface area contributed by atoms with Crippen molar-refractivity contribution in [2.45, 2.75) is 45.3 Å². The number of halogens is 2. The van der Waals surface area contributed by atoms with E-state index in [1.165, 1.54) is 36.4 Å². The first-order valence-electron chi connectivity index (χ1n) is 11.8. The highest BCUT2D eigenvalue weighted by molar-refractivity contribution is 5.94. The molecule has 2 amide bonds. The molecule has 0 aromatic heterocycles. The van der Waals surface area contributed by atoms with Crippen molar-refractivity contribution in [3.8, 4) is 5.75 Å². The van der Waals surface area contributed by atoms with Gasteiger partial charge in [0.15, 0.2) is 6.10 Å². The number of fused-ring (bicyclic) bond motifs is 1.